The van der Waals surface area contributed by atoms with E-state index in [1.165, 1.54) is 17.4 Å². The quantitative estimate of drug-likeness (QED) is 0.897. The Bertz CT molecular complexity index is 596. The van der Waals surface area contributed by atoms with Gasteiger partial charge < -0.3 is 5.32 Å². The molecule has 1 heterocycles. The highest BCUT2D eigenvalue weighted by molar-refractivity contribution is 7.11. The number of benzene rings is 1. The van der Waals surface area contributed by atoms with Crippen molar-refractivity contribution in [2.45, 2.75) is 33.2 Å². The minimum Gasteiger partial charge on any atom is -0.305 e. The van der Waals surface area contributed by atoms with Gasteiger partial charge in [-0.05, 0) is 32.9 Å². The van der Waals surface area contributed by atoms with Crippen molar-refractivity contribution in [1.29, 1.82) is 0 Å². The van der Waals surface area contributed by atoms with Crippen molar-refractivity contribution in [3.63, 3.8) is 0 Å². The maximum Gasteiger partial charge on any atom is 0.163 e. The molecule has 1 unspecified atom stereocenters. The van der Waals surface area contributed by atoms with E-state index in [1.54, 1.807) is 6.07 Å². The molecule has 0 aliphatic rings. The topological polar surface area (TPSA) is 24.9 Å². The largest absolute Gasteiger partial charge is 0.305 e. The van der Waals surface area contributed by atoms with Crippen LogP contribution < -0.4 is 5.32 Å². The van der Waals surface area contributed by atoms with E-state index in [9.17, 15) is 8.78 Å². The maximum absolute atomic E-state index is 14.1. The van der Waals surface area contributed by atoms with Gasteiger partial charge >= 0.3 is 0 Å². The second-order valence-corrected chi connectivity index (χ2v) is 5.95. The highest BCUT2D eigenvalue weighted by Crippen LogP contribution is 2.31. The van der Waals surface area contributed by atoms with Crippen molar-refractivity contribution in [2.75, 3.05) is 6.54 Å². The molecular weight excluding hydrogens is 278 g/mol. The molecule has 1 atom stereocenters. The van der Waals surface area contributed by atoms with Crippen LogP contribution in [0.4, 0.5) is 8.78 Å². The van der Waals surface area contributed by atoms with Gasteiger partial charge in [-0.25, -0.2) is 13.8 Å². The minimum atomic E-state index is -0.815. The molecule has 2 rings (SSSR count). The summed E-state index contributed by atoms with van der Waals surface area (Å²) in [5.74, 6) is -1.60. The van der Waals surface area contributed by atoms with E-state index in [0.29, 0.717) is 5.56 Å². The fraction of sp³-hybridized carbons (Fsp3) is 0.400. The minimum absolute atomic E-state index is 0.338. The summed E-state index contributed by atoms with van der Waals surface area (Å²) in [5, 5.41) is 4.22. The Morgan fingerprint density at radius 3 is 2.65 bits per heavy atom. The Kier molecular flexibility index (Phi) is 4.83. The summed E-state index contributed by atoms with van der Waals surface area (Å²) < 4.78 is 27.5. The lowest BCUT2D eigenvalue weighted by Gasteiger charge is -2.19. The van der Waals surface area contributed by atoms with Crippen molar-refractivity contribution in [2.24, 2.45) is 0 Å². The SMILES string of the molecule is CCCNC(c1cccc(F)c1F)c1sc(C)nc1C. The van der Waals surface area contributed by atoms with E-state index in [-0.39, 0.29) is 6.04 Å². The third-order valence-corrected chi connectivity index (χ3v) is 4.23. The second-order valence-electron chi connectivity index (χ2n) is 4.71. The monoisotopic (exact) mass is 296 g/mol. The average Bonchev–Trinajstić information content (AvgIpc) is 2.74. The number of halogens is 2. The number of hydrogen-bond acceptors (Lipinski definition) is 3. The van der Waals surface area contributed by atoms with E-state index in [4.69, 9.17) is 0 Å². The van der Waals surface area contributed by atoms with Gasteiger partial charge in [0.25, 0.3) is 0 Å². The number of aromatic nitrogens is 1. The van der Waals surface area contributed by atoms with Crippen molar-refractivity contribution in [3.8, 4) is 0 Å². The van der Waals surface area contributed by atoms with Crippen LogP contribution in [0.3, 0.4) is 0 Å². The Hall–Kier alpha value is -1.33. The second kappa shape index (κ2) is 6.41. The zero-order valence-electron chi connectivity index (χ0n) is 11.8. The molecule has 0 spiro atoms. The molecule has 0 saturated heterocycles. The molecule has 2 aromatic rings. The first-order chi connectivity index (χ1) is 9.54. The molecule has 20 heavy (non-hydrogen) atoms. The van der Waals surface area contributed by atoms with Crippen LogP contribution >= 0.6 is 11.3 Å². The number of thiazole rings is 1. The number of nitrogens with one attached hydrogen (secondary N) is 1. The smallest absolute Gasteiger partial charge is 0.163 e. The number of nitrogens with zero attached hydrogens (tertiary/aromatic N) is 1. The van der Waals surface area contributed by atoms with E-state index < -0.39 is 11.6 Å². The molecule has 108 valence electrons. The standard InChI is InChI=1S/C15H18F2N2S/c1-4-8-18-14(15-9(2)19-10(3)20-15)11-6-5-7-12(16)13(11)17/h5-7,14,18H,4,8H2,1-3H3. The van der Waals surface area contributed by atoms with Crippen molar-refractivity contribution in [3.05, 3.63) is 51.0 Å². The van der Waals surface area contributed by atoms with Crippen LogP contribution in [-0.4, -0.2) is 11.5 Å². The number of hydrogen-bond donors (Lipinski definition) is 1. The summed E-state index contributed by atoms with van der Waals surface area (Å²) in [4.78, 5) is 5.32. The highest BCUT2D eigenvalue weighted by Gasteiger charge is 2.23. The molecule has 1 aromatic carbocycles. The Labute approximate surface area is 121 Å². The molecule has 0 saturated carbocycles. The molecule has 0 aliphatic heterocycles. The summed E-state index contributed by atoms with van der Waals surface area (Å²) in [6.07, 6.45) is 0.921. The van der Waals surface area contributed by atoms with Gasteiger partial charge in [-0.1, -0.05) is 19.1 Å². The van der Waals surface area contributed by atoms with E-state index in [0.717, 1.165) is 34.6 Å². The zero-order valence-corrected chi connectivity index (χ0v) is 12.7. The van der Waals surface area contributed by atoms with Crippen LogP contribution in [-0.2, 0) is 0 Å². The summed E-state index contributed by atoms with van der Waals surface area (Å²) in [6.45, 7) is 6.59. The predicted octanol–water partition coefficient (Wildman–Crippen LogP) is 4.13. The number of rotatable bonds is 5. The molecule has 0 amide bonds. The normalized spacial score (nSPS) is 12.7. The van der Waals surface area contributed by atoms with Gasteiger partial charge in [-0.15, -0.1) is 11.3 Å². The first-order valence-corrected chi connectivity index (χ1v) is 7.47. The Morgan fingerprint density at radius 1 is 1.30 bits per heavy atom. The van der Waals surface area contributed by atoms with Crippen LogP contribution in [0.15, 0.2) is 18.2 Å². The molecule has 0 radical (unpaired) electrons. The first kappa shape index (κ1) is 15.1. The van der Waals surface area contributed by atoms with Crippen molar-refractivity contribution < 1.29 is 8.78 Å². The van der Waals surface area contributed by atoms with E-state index >= 15 is 0 Å². The first-order valence-electron chi connectivity index (χ1n) is 6.65. The van der Waals surface area contributed by atoms with Gasteiger partial charge in [0.2, 0.25) is 0 Å². The van der Waals surface area contributed by atoms with E-state index in [1.807, 2.05) is 20.8 Å². The summed E-state index contributed by atoms with van der Waals surface area (Å²) in [5.41, 5.74) is 1.20. The molecule has 0 aliphatic carbocycles. The lowest BCUT2D eigenvalue weighted by molar-refractivity contribution is 0.481. The van der Waals surface area contributed by atoms with Crippen LogP contribution in [0, 0.1) is 25.5 Å². The third kappa shape index (κ3) is 3.04. The molecule has 0 fully saturated rings. The lowest BCUT2D eigenvalue weighted by Crippen LogP contribution is -2.24. The average molecular weight is 296 g/mol. The van der Waals surface area contributed by atoms with Crippen LogP contribution in [0.1, 0.15) is 40.5 Å². The lowest BCUT2D eigenvalue weighted by atomic mass is 10.0. The van der Waals surface area contributed by atoms with Gasteiger partial charge in [0, 0.05) is 10.4 Å². The Balaban J connectivity index is 2.47. The Morgan fingerprint density at radius 2 is 2.05 bits per heavy atom. The van der Waals surface area contributed by atoms with Gasteiger partial charge in [0.15, 0.2) is 11.6 Å². The van der Waals surface area contributed by atoms with Gasteiger partial charge in [0.1, 0.15) is 0 Å². The number of aryl methyl sites for hydroxylation is 2. The zero-order chi connectivity index (χ0) is 14.7. The van der Waals surface area contributed by atoms with Crippen molar-refractivity contribution in [1.82, 2.24) is 10.3 Å². The molecule has 0 bridgehead atoms. The molecule has 1 N–H and O–H groups in total. The fourth-order valence-electron chi connectivity index (χ4n) is 2.19. The third-order valence-electron chi connectivity index (χ3n) is 3.09. The molecule has 2 nitrogen and oxygen atoms in total. The predicted molar refractivity (Wildman–Crippen MR) is 78.1 cm³/mol. The highest BCUT2D eigenvalue weighted by atomic mass is 32.1. The fourth-order valence-corrected chi connectivity index (χ4v) is 3.21. The molecule has 1 aromatic heterocycles. The van der Waals surface area contributed by atoms with Gasteiger partial charge in [0.05, 0.1) is 16.7 Å². The summed E-state index contributed by atoms with van der Waals surface area (Å²) in [6, 6.07) is 3.95. The summed E-state index contributed by atoms with van der Waals surface area (Å²) >= 11 is 1.52. The van der Waals surface area contributed by atoms with Gasteiger partial charge in [-0.3, -0.25) is 0 Å². The van der Waals surface area contributed by atoms with Crippen LogP contribution in [0.2, 0.25) is 0 Å². The maximum atomic E-state index is 14.1. The molecule has 5 heteroatoms. The van der Waals surface area contributed by atoms with Crippen LogP contribution in [0.5, 0.6) is 0 Å². The van der Waals surface area contributed by atoms with E-state index in [2.05, 4.69) is 10.3 Å². The molecular formula is C15H18F2N2S. The van der Waals surface area contributed by atoms with Gasteiger partial charge in [-0.2, -0.15) is 0 Å². The van der Waals surface area contributed by atoms with Crippen molar-refractivity contribution >= 4 is 11.3 Å². The van der Waals surface area contributed by atoms with Crippen LogP contribution in [0.25, 0.3) is 0 Å². The summed E-state index contributed by atoms with van der Waals surface area (Å²) in [7, 11) is 0.